The van der Waals surface area contributed by atoms with E-state index in [1.165, 1.54) is 23.9 Å². The number of nitrogens with one attached hydrogen (secondary N) is 1. The van der Waals surface area contributed by atoms with Crippen molar-refractivity contribution in [2.45, 2.75) is 37.5 Å². The van der Waals surface area contributed by atoms with E-state index in [1.807, 2.05) is 6.92 Å². The van der Waals surface area contributed by atoms with Crippen molar-refractivity contribution < 1.29 is 35.9 Å². The lowest BCUT2D eigenvalue weighted by molar-refractivity contribution is -0.138. The van der Waals surface area contributed by atoms with E-state index in [9.17, 15) is 31.1 Å². The molecule has 0 spiro atoms. The van der Waals surface area contributed by atoms with E-state index in [2.05, 4.69) is 10.4 Å². The van der Waals surface area contributed by atoms with Crippen molar-refractivity contribution in [3.63, 3.8) is 0 Å². The van der Waals surface area contributed by atoms with E-state index in [0.717, 1.165) is 54.2 Å². The van der Waals surface area contributed by atoms with Crippen LogP contribution >= 0.6 is 11.8 Å². The SMILES string of the molecule is CCCCSC1COC(c2cccc(C(F)(F)F)c2)=NN1C(=O)Nc1ccc(C(F)(F)F)cc1. The Labute approximate surface area is 196 Å². The van der Waals surface area contributed by atoms with Gasteiger partial charge in [-0.1, -0.05) is 19.4 Å². The summed E-state index contributed by atoms with van der Waals surface area (Å²) < 4.78 is 83.2. The van der Waals surface area contributed by atoms with Crippen LogP contribution in [0.25, 0.3) is 0 Å². The summed E-state index contributed by atoms with van der Waals surface area (Å²) in [6.45, 7) is 1.97. The number of hydrogen-bond acceptors (Lipinski definition) is 4. The number of hydrazone groups is 1. The Hall–Kier alpha value is -2.89. The summed E-state index contributed by atoms with van der Waals surface area (Å²) in [6.07, 6.45) is -7.31. The zero-order valence-corrected chi connectivity index (χ0v) is 18.7. The highest BCUT2D eigenvalue weighted by Gasteiger charge is 2.34. The fourth-order valence-electron chi connectivity index (χ4n) is 2.96. The number of halogens is 6. The number of carbonyl (C=O) groups excluding carboxylic acids is 1. The summed E-state index contributed by atoms with van der Waals surface area (Å²) in [5, 5.41) is 7.10. The van der Waals surface area contributed by atoms with E-state index in [4.69, 9.17) is 4.74 Å². The number of amides is 2. The summed E-state index contributed by atoms with van der Waals surface area (Å²) in [6, 6.07) is 7.50. The fourth-order valence-corrected chi connectivity index (χ4v) is 4.14. The fraction of sp³-hybridized carbons (Fsp3) is 0.364. The normalized spacial score (nSPS) is 16.6. The molecule has 0 bridgehead atoms. The van der Waals surface area contributed by atoms with Crippen LogP contribution in [0.15, 0.2) is 53.6 Å². The number of nitrogens with zero attached hydrogens (tertiary/aromatic N) is 2. The first-order valence-electron chi connectivity index (χ1n) is 10.3. The van der Waals surface area contributed by atoms with Gasteiger partial charge in [0.1, 0.15) is 12.0 Å². The van der Waals surface area contributed by atoms with E-state index < -0.39 is 34.9 Å². The summed E-state index contributed by atoms with van der Waals surface area (Å²) in [5.41, 5.74) is -1.61. The molecule has 1 unspecified atom stereocenters. The van der Waals surface area contributed by atoms with Crippen molar-refractivity contribution in [1.82, 2.24) is 5.01 Å². The van der Waals surface area contributed by atoms with Gasteiger partial charge in [0.2, 0.25) is 5.90 Å². The van der Waals surface area contributed by atoms with Crippen LogP contribution < -0.4 is 5.32 Å². The molecule has 1 heterocycles. The van der Waals surface area contributed by atoms with Crippen molar-refractivity contribution in [1.29, 1.82) is 0 Å². The third-order valence-corrected chi connectivity index (χ3v) is 6.00. The van der Waals surface area contributed by atoms with Crippen LogP contribution in [0, 0.1) is 0 Å². The maximum Gasteiger partial charge on any atom is 0.416 e. The number of hydrogen-bond donors (Lipinski definition) is 1. The molecule has 184 valence electrons. The minimum Gasteiger partial charge on any atom is -0.473 e. The van der Waals surface area contributed by atoms with Gasteiger partial charge in [0.25, 0.3) is 0 Å². The third kappa shape index (κ3) is 6.58. The van der Waals surface area contributed by atoms with Crippen LogP contribution in [-0.4, -0.2) is 34.7 Å². The van der Waals surface area contributed by atoms with Crippen molar-refractivity contribution in [2.24, 2.45) is 5.10 Å². The standard InChI is InChI=1S/C22H21F6N3O2S/c1-2-3-11-34-18-13-33-19(14-5-4-6-16(12-14)22(26,27)28)30-31(18)20(32)29-17-9-7-15(8-10-17)21(23,24)25/h4-10,12,18H,2-3,11,13H2,1H3,(H,29,32). The molecule has 2 aromatic carbocycles. The maximum atomic E-state index is 13.1. The number of urea groups is 1. The molecule has 2 aromatic rings. The lowest BCUT2D eigenvalue weighted by Crippen LogP contribution is -2.44. The lowest BCUT2D eigenvalue weighted by Gasteiger charge is -2.32. The molecule has 1 aliphatic heterocycles. The number of ether oxygens (including phenoxy) is 1. The second kappa shape index (κ2) is 10.6. The molecule has 5 nitrogen and oxygen atoms in total. The first-order valence-corrected chi connectivity index (χ1v) is 11.3. The van der Waals surface area contributed by atoms with E-state index in [-0.39, 0.29) is 23.8 Å². The molecule has 34 heavy (non-hydrogen) atoms. The molecule has 3 rings (SSSR count). The predicted octanol–water partition coefficient (Wildman–Crippen LogP) is 6.81. The molecule has 1 N–H and O–H groups in total. The quantitative estimate of drug-likeness (QED) is 0.347. The number of carbonyl (C=O) groups is 1. The van der Waals surface area contributed by atoms with Gasteiger partial charge in [-0.15, -0.1) is 16.9 Å². The summed E-state index contributed by atoms with van der Waals surface area (Å²) in [5.74, 6) is 0.518. The first kappa shape index (κ1) is 25.7. The molecule has 1 atom stereocenters. The zero-order chi connectivity index (χ0) is 24.9. The summed E-state index contributed by atoms with van der Waals surface area (Å²) in [7, 11) is 0. The number of thioether (sulfide) groups is 1. The molecule has 12 heteroatoms. The van der Waals surface area contributed by atoms with Crippen molar-refractivity contribution >= 4 is 29.4 Å². The highest BCUT2D eigenvalue weighted by atomic mass is 32.2. The van der Waals surface area contributed by atoms with Crippen LogP contribution in [0.3, 0.4) is 0 Å². The molecule has 0 radical (unpaired) electrons. The third-order valence-electron chi connectivity index (χ3n) is 4.75. The van der Waals surface area contributed by atoms with Gasteiger partial charge >= 0.3 is 18.4 Å². The van der Waals surface area contributed by atoms with Crippen LogP contribution in [-0.2, 0) is 17.1 Å². The maximum absolute atomic E-state index is 13.1. The molecule has 1 aliphatic rings. The van der Waals surface area contributed by atoms with E-state index in [1.54, 1.807) is 0 Å². The monoisotopic (exact) mass is 505 g/mol. The van der Waals surface area contributed by atoms with Gasteiger partial charge in [-0.25, -0.2) is 4.79 Å². The van der Waals surface area contributed by atoms with Crippen LogP contribution in [0.2, 0.25) is 0 Å². The van der Waals surface area contributed by atoms with Crippen LogP contribution in [0.1, 0.15) is 36.5 Å². The first-order chi connectivity index (χ1) is 16.0. The zero-order valence-electron chi connectivity index (χ0n) is 17.9. The topological polar surface area (TPSA) is 53.9 Å². The molecular weight excluding hydrogens is 484 g/mol. The number of rotatable bonds is 6. The summed E-state index contributed by atoms with van der Waals surface area (Å²) >= 11 is 1.38. The molecular formula is C22H21F6N3O2S. The van der Waals surface area contributed by atoms with Crippen LogP contribution in [0.4, 0.5) is 36.8 Å². The van der Waals surface area contributed by atoms with Crippen molar-refractivity contribution in [3.8, 4) is 0 Å². The van der Waals surface area contributed by atoms with Gasteiger partial charge in [-0.3, -0.25) is 0 Å². The second-order valence-corrected chi connectivity index (χ2v) is 8.61. The van der Waals surface area contributed by atoms with E-state index >= 15 is 0 Å². The summed E-state index contributed by atoms with van der Waals surface area (Å²) in [4.78, 5) is 12.9. The van der Waals surface area contributed by atoms with Gasteiger partial charge in [-0.2, -0.15) is 31.4 Å². The highest BCUT2D eigenvalue weighted by Crippen LogP contribution is 2.32. The highest BCUT2D eigenvalue weighted by molar-refractivity contribution is 7.99. The molecule has 2 amide bonds. The average molecular weight is 505 g/mol. The average Bonchev–Trinajstić information content (AvgIpc) is 2.78. The van der Waals surface area contributed by atoms with Crippen molar-refractivity contribution in [2.75, 3.05) is 17.7 Å². The Morgan fingerprint density at radius 2 is 1.76 bits per heavy atom. The largest absolute Gasteiger partial charge is 0.473 e. The number of anilines is 1. The molecule has 0 aromatic heterocycles. The molecule has 0 aliphatic carbocycles. The Morgan fingerprint density at radius 3 is 2.38 bits per heavy atom. The van der Waals surface area contributed by atoms with Gasteiger partial charge in [0.15, 0.2) is 0 Å². The smallest absolute Gasteiger partial charge is 0.416 e. The number of unbranched alkanes of at least 4 members (excludes halogenated alkanes) is 1. The van der Waals surface area contributed by atoms with Gasteiger partial charge in [-0.05, 0) is 54.6 Å². The van der Waals surface area contributed by atoms with Gasteiger partial charge < -0.3 is 10.1 Å². The molecule has 0 fully saturated rings. The van der Waals surface area contributed by atoms with Crippen molar-refractivity contribution in [3.05, 3.63) is 65.2 Å². The minimum atomic E-state index is -4.57. The molecule has 0 saturated carbocycles. The van der Waals surface area contributed by atoms with E-state index in [0.29, 0.717) is 5.75 Å². The Bertz CT molecular complexity index is 1020. The minimum absolute atomic E-state index is 0.0239. The van der Waals surface area contributed by atoms with Gasteiger partial charge in [0, 0.05) is 11.3 Å². The number of benzene rings is 2. The molecule has 0 saturated heterocycles. The lowest BCUT2D eigenvalue weighted by atomic mass is 10.1. The van der Waals surface area contributed by atoms with Gasteiger partial charge in [0.05, 0.1) is 11.1 Å². The Morgan fingerprint density at radius 1 is 1.09 bits per heavy atom. The predicted molar refractivity (Wildman–Crippen MR) is 117 cm³/mol. The Kier molecular flexibility index (Phi) is 8.01. The van der Waals surface area contributed by atoms with Crippen LogP contribution in [0.5, 0.6) is 0 Å². The second-order valence-electron chi connectivity index (χ2n) is 7.32. The Balaban J connectivity index is 1.85. The number of alkyl halides is 6.